The van der Waals surface area contributed by atoms with Crippen molar-refractivity contribution in [3.05, 3.63) is 285 Å². The van der Waals surface area contributed by atoms with Gasteiger partial charge in [-0.15, -0.1) is 0 Å². The molecule has 0 fully saturated rings. The molecule has 16 rings (SSSR count). The molecule has 407 valence electrons. The van der Waals surface area contributed by atoms with Crippen molar-refractivity contribution in [2.24, 2.45) is 0 Å². The highest BCUT2D eigenvalue weighted by Crippen LogP contribution is 2.45. The van der Waals surface area contributed by atoms with Crippen LogP contribution in [-0.2, 0) is 0 Å². The Hall–Kier alpha value is -11.1. The zero-order valence-electron chi connectivity index (χ0n) is 45.9. The highest BCUT2D eigenvalue weighted by atomic mass is 35.5. The molecule has 0 bridgehead atoms. The average molecular weight is 1130 g/mol. The molecule has 10 nitrogen and oxygen atoms in total. The number of pyridine rings is 4. The highest BCUT2D eigenvalue weighted by molar-refractivity contribution is 6.30. The maximum atomic E-state index is 8.14. The van der Waals surface area contributed by atoms with Crippen molar-refractivity contribution in [1.29, 1.82) is 0 Å². The van der Waals surface area contributed by atoms with Crippen molar-refractivity contribution >= 4 is 84.8 Å². The minimum atomic E-state index is 0.512. The van der Waals surface area contributed by atoms with Crippen LogP contribution in [0.15, 0.2) is 288 Å². The van der Waals surface area contributed by atoms with Gasteiger partial charge in [0.25, 0.3) is 0 Å². The lowest BCUT2D eigenvalue weighted by Gasteiger charge is -2.17. The van der Waals surface area contributed by atoms with Crippen LogP contribution in [0.5, 0.6) is 5.75 Å². The van der Waals surface area contributed by atoms with Crippen molar-refractivity contribution in [2.45, 2.75) is 0 Å². The third-order valence-electron chi connectivity index (χ3n) is 15.1. The van der Waals surface area contributed by atoms with E-state index < -0.39 is 0 Å². The summed E-state index contributed by atoms with van der Waals surface area (Å²) in [7, 11) is 0.622. The van der Waals surface area contributed by atoms with E-state index in [4.69, 9.17) is 40.4 Å². The van der Waals surface area contributed by atoms with Gasteiger partial charge >= 0.3 is 7.69 Å². The molecule has 0 saturated heterocycles. The number of aromatic nitrogens is 6. The molecule has 12 heteroatoms. The Bertz CT molecular complexity index is 4960. The van der Waals surface area contributed by atoms with E-state index >= 15 is 0 Å². The van der Waals surface area contributed by atoms with E-state index in [2.05, 4.69) is 196 Å². The molecule has 0 saturated carbocycles. The largest absolute Gasteiger partial charge is 0.569 e. The van der Waals surface area contributed by atoms with Gasteiger partial charge in [-0.1, -0.05) is 188 Å². The van der Waals surface area contributed by atoms with Crippen molar-refractivity contribution in [3.8, 4) is 84.6 Å². The van der Waals surface area contributed by atoms with Gasteiger partial charge in [-0.25, -0.2) is 19.9 Å². The summed E-state index contributed by atoms with van der Waals surface area (Å²) >= 11 is 6.05. The van der Waals surface area contributed by atoms with Gasteiger partial charge in [0, 0.05) is 45.9 Å². The molecule has 0 unspecified atom stereocenters. The Kier molecular flexibility index (Phi) is 14.5. The van der Waals surface area contributed by atoms with Crippen LogP contribution < -0.4 is 4.65 Å². The lowest BCUT2D eigenvalue weighted by atomic mass is 9.87. The van der Waals surface area contributed by atoms with Gasteiger partial charge < -0.3 is 18.5 Å². The first kappa shape index (κ1) is 52.9. The fourth-order valence-corrected chi connectivity index (χ4v) is 11.3. The molecule has 10 aromatic carbocycles. The molecule has 1 N–H and O–H groups in total. The summed E-state index contributed by atoms with van der Waals surface area (Å²) in [6.07, 6.45) is 6.78. The normalized spacial score (nSPS) is 11.1. The molecular weight excluding hydrogens is 1080 g/mol. The second-order valence-electron chi connectivity index (χ2n) is 20.2. The fraction of sp³-hybridized carbons (Fsp3) is 0. The van der Waals surface area contributed by atoms with E-state index in [1.54, 1.807) is 24.5 Å². The number of halogens is 1. The van der Waals surface area contributed by atoms with E-state index in [-0.39, 0.29) is 0 Å². The number of hydrogen-bond acceptors (Lipinski definition) is 10. The van der Waals surface area contributed by atoms with E-state index in [0.717, 1.165) is 77.3 Å². The Morgan fingerprint density at radius 1 is 0.326 bits per heavy atom. The number of fused-ring (bicyclic) bond motifs is 6. The van der Waals surface area contributed by atoms with Crippen molar-refractivity contribution in [3.63, 3.8) is 0 Å². The fourth-order valence-electron chi connectivity index (χ4n) is 11.2. The lowest BCUT2D eigenvalue weighted by molar-refractivity contribution is 0.452. The summed E-state index contributed by atoms with van der Waals surface area (Å²) in [6.45, 7) is 0. The van der Waals surface area contributed by atoms with Crippen molar-refractivity contribution in [2.75, 3.05) is 0 Å². The van der Waals surface area contributed by atoms with Gasteiger partial charge in [0.15, 0.2) is 0 Å². The van der Waals surface area contributed by atoms with Crippen LogP contribution in [0, 0.1) is 0 Å². The first-order valence-corrected chi connectivity index (χ1v) is 28.2. The smallest absolute Gasteiger partial charge is 0.536 e. The van der Waals surface area contributed by atoms with Crippen LogP contribution in [-0.4, -0.2) is 42.6 Å². The standard InChI is InChI=1S/C37H23N3O.C32H19ClN2O.C5H5BNO2/c1-2-9-25(10-3-1)34-28-12-4-6-14-30(28)35(31-15-7-5-13-29(31)34)32-20-21-33-37(39-32)41-36(40-33)26-18-16-24(17-19-26)27-11-8-22-38-23-27;33-22-16-14-21(15-17-22)31-35-28-19-18-27(34-32(28)36-31)30-25-12-6-4-10-23(25)29(20-8-2-1-3-9-20)24-11-5-7-13-26(24)30;8-6-9-5-2-1-3-7-4-5/h1-23H;1-19H;1-4,8H. The average Bonchev–Trinajstić information content (AvgIpc) is 0.879. The molecule has 0 aliphatic carbocycles. The molecule has 1 radical (unpaired) electrons. The second kappa shape index (κ2) is 23.6. The molecule has 0 spiro atoms. The predicted octanol–water partition coefficient (Wildman–Crippen LogP) is 18.8. The van der Waals surface area contributed by atoms with Gasteiger partial charge in [-0.05, 0) is 155 Å². The van der Waals surface area contributed by atoms with Crippen LogP contribution in [0.3, 0.4) is 0 Å². The van der Waals surface area contributed by atoms with Gasteiger partial charge in [0.2, 0.25) is 23.2 Å². The molecule has 6 heterocycles. The Morgan fingerprint density at radius 3 is 1.09 bits per heavy atom. The quantitative estimate of drug-likeness (QED) is 0.110. The van der Waals surface area contributed by atoms with Crippen LogP contribution in [0.1, 0.15) is 0 Å². The molecule has 0 aliphatic rings. The zero-order valence-corrected chi connectivity index (χ0v) is 46.6. The molecule has 0 amide bonds. The number of hydrogen-bond donors (Lipinski definition) is 1. The van der Waals surface area contributed by atoms with Crippen molar-refractivity contribution < 1.29 is 18.5 Å². The summed E-state index contributed by atoms with van der Waals surface area (Å²) < 4.78 is 16.9. The van der Waals surface area contributed by atoms with E-state index in [0.29, 0.717) is 41.7 Å². The van der Waals surface area contributed by atoms with E-state index in [9.17, 15) is 0 Å². The summed E-state index contributed by atoms with van der Waals surface area (Å²) in [5.41, 5.74) is 15.2. The summed E-state index contributed by atoms with van der Waals surface area (Å²) in [5.74, 6) is 1.61. The first-order valence-electron chi connectivity index (χ1n) is 27.9. The molecule has 0 aliphatic heterocycles. The SMILES string of the molecule is Clc1ccc(-c2nc3ccc(-c4c5ccccc5c(-c5ccccc5)c5ccccc45)nc3o2)cc1.O[B]Oc1cccnc1.c1ccc(-c2c3ccccc3c(-c3ccc4nc(-c5ccc(-c6cccnc6)cc5)oc4n3)c3ccccc23)cc1. The summed E-state index contributed by atoms with van der Waals surface area (Å²) in [5, 5.41) is 18.2. The maximum absolute atomic E-state index is 8.14. The van der Waals surface area contributed by atoms with E-state index in [1.165, 1.54) is 50.0 Å². The van der Waals surface area contributed by atoms with Gasteiger partial charge in [-0.3, -0.25) is 9.97 Å². The monoisotopic (exact) mass is 1130 g/mol. The second-order valence-corrected chi connectivity index (χ2v) is 20.7. The van der Waals surface area contributed by atoms with Crippen LogP contribution >= 0.6 is 11.6 Å². The van der Waals surface area contributed by atoms with Crippen LogP contribution in [0.25, 0.3) is 144 Å². The zero-order chi connectivity index (χ0) is 57.8. The summed E-state index contributed by atoms with van der Waals surface area (Å²) in [4.78, 5) is 27.4. The third kappa shape index (κ3) is 10.4. The van der Waals surface area contributed by atoms with Crippen LogP contribution in [0.4, 0.5) is 0 Å². The number of nitrogens with zero attached hydrogens (tertiary/aromatic N) is 6. The molecule has 0 atom stereocenters. The van der Waals surface area contributed by atoms with Gasteiger partial charge in [0.1, 0.15) is 16.8 Å². The highest BCUT2D eigenvalue weighted by Gasteiger charge is 2.21. The Labute approximate surface area is 499 Å². The molecule has 86 heavy (non-hydrogen) atoms. The Morgan fingerprint density at radius 2 is 0.698 bits per heavy atom. The maximum Gasteiger partial charge on any atom is 0.569 e. The number of rotatable bonds is 9. The topological polar surface area (TPSA) is 133 Å². The van der Waals surface area contributed by atoms with E-state index in [1.807, 2.05) is 72.9 Å². The molecule has 6 aromatic heterocycles. The Balaban J connectivity index is 0.000000134. The minimum Gasteiger partial charge on any atom is -0.536 e. The molecular formula is C74H47BClN6O4. The van der Waals surface area contributed by atoms with Gasteiger partial charge in [-0.2, -0.15) is 0 Å². The lowest BCUT2D eigenvalue weighted by Crippen LogP contribution is -1.99. The molecule has 16 aromatic rings. The minimum absolute atomic E-state index is 0.512. The van der Waals surface area contributed by atoms with Crippen molar-refractivity contribution in [1.82, 2.24) is 29.9 Å². The number of oxazole rings is 2. The number of benzene rings is 10. The first-order chi connectivity index (χ1) is 42.5. The van der Waals surface area contributed by atoms with Gasteiger partial charge in [0.05, 0.1) is 17.6 Å². The van der Waals surface area contributed by atoms with Crippen LogP contribution in [0.2, 0.25) is 5.02 Å². The third-order valence-corrected chi connectivity index (χ3v) is 15.3. The predicted molar refractivity (Wildman–Crippen MR) is 347 cm³/mol. The summed E-state index contributed by atoms with van der Waals surface area (Å²) in [6, 6.07) is 86.5.